The van der Waals surface area contributed by atoms with Crippen molar-refractivity contribution >= 4 is 40.0 Å². The number of aryl methyl sites for hydroxylation is 2. The normalized spacial score (nSPS) is 13.2. The molecule has 1 aliphatic carbocycles. The third-order valence-corrected chi connectivity index (χ3v) is 6.08. The first kappa shape index (κ1) is 18.8. The van der Waals surface area contributed by atoms with Crippen LogP contribution in [0, 0.1) is 6.92 Å². The molecule has 1 aliphatic rings. The summed E-state index contributed by atoms with van der Waals surface area (Å²) in [6.45, 7) is 3.98. The molecule has 1 N–H and O–H groups in total. The molecule has 2 heterocycles. The van der Waals surface area contributed by atoms with Gasteiger partial charge < -0.3 is 10.1 Å². The molecular weight excluding hydrogens is 370 g/mol. The third-order valence-electron chi connectivity index (χ3n) is 4.01. The molecule has 6 nitrogen and oxygen atoms in total. The molecule has 0 saturated heterocycles. The highest BCUT2D eigenvalue weighted by Gasteiger charge is 2.27. The molecule has 0 unspecified atom stereocenters. The van der Waals surface area contributed by atoms with Crippen molar-refractivity contribution in [1.29, 1.82) is 0 Å². The van der Waals surface area contributed by atoms with Gasteiger partial charge in [-0.05, 0) is 51.2 Å². The highest BCUT2D eigenvalue weighted by Crippen LogP contribution is 2.38. The van der Waals surface area contributed by atoms with E-state index >= 15 is 0 Å². The van der Waals surface area contributed by atoms with Crippen molar-refractivity contribution in [3.8, 4) is 0 Å². The van der Waals surface area contributed by atoms with Crippen molar-refractivity contribution in [2.45, 2.75) is 44.7 Å². The summed E-state index contributed by atoms with van der Waals surface area (Å²) < 4.78 is 5.21. The fraction of sp³-hybridized carbons (Fsp3) is 0.444. The van der Waals surface area contributed by atoms with Gasteiger partial charge in [-0.25, -0.2) is 14.8 Å². The van der Waals surface area contributed by atoms with E-state index in [1.54, 1.807) is 13.1 Å². The second-order valence-electron chi connectivity index (χ2n) is 5.95. The lowest BCUT2D eigenvalue weighted by atomic mass is 9.95. The van der Waals surface area contributed by atoms with Crippen molar-refractivity contribution in [3.63, 3.8) is 0 Å². The molecule has 1 amide bonds. The summed E-state index contributed by atoms with van der Waals surface area (Å²) in [6, 6.07) is 1.81. The zero-order chi connectivity index (χ0) is 18.5. The summed E-state index contributed by atoms with van der Waals surface area (Å²) >= 11 is 2.77. The Balaban J connectivity index is 1.73. The third kappa shape index (κ3) is 4.42. The van der Waals surface area contributed by atoms with E-state index < -0.39 is 0 Å². The predicted octanol–water partition coefficient (Wildman–Crippen LogP) is 3.63. The number of carbonyl (C=O) groups excluding carboxylic acids is 2. The maximum absolute atomic E-state index is 12.4. The van der Waals surface area contributed by atoms with Gasteiger partial charge in [0, 0.05) is 16.8 Å². The second-order valence-corrected chi connectivity index (χ2v) is 8.00. The number of nitrogens with zero attached hydrogens (tertiary/aromatic N) is 2. The average molecular weight is 392 g/mol. The highest BCUT2D eigenvalue weighted by molar-refractivity contribution is 7.99. The molecule has 2 aromatic rings. The molecule has 0 spiro atoms. The van der Waals surface area contributed by atoms with Crippen molar-refractivity contribution in [2.75, 3.05) is 17.7 Å². The van der Waals surface area contributed by atoms with Crippen molar-refractivity contribution < 1.29 is 14.3 Å². The number of hydrogen-bond donors (Lipinski definition) is 1. The first-order valence-electron chi connectivity index (χ1n) is 8.62. The summed E-state index contributed by atoms with van der Waals surface area (Å²) in [5.74, 6) is -0.338. The van der Waals surface area contributed by atoms with Crippen LogP contribution in [-0.4, -0.2) is 34.2 Å². The van der Waals surface area contributed by atoms with Crippen LogP contribution < -0.4 is 5.32 Å². The molecule has 0 atom stereocenters. The van der Waals surface area contributed by atoms with E-state index in [-0.39, 0.29) is 17.6 Å². The number of ether oxygens (including phenoxy) is 1. The van der Waals surface area contributed by atoms with Crippen LogP contribution in [-0.2, 0) is 22.4 Å². The lowest BCUT2D eigenvalue weighted by Crippen LogP contribution is -2.17. The van der Waals surface area contributed by atoms with Crippen molar-refractivity contribution in [1.82, 2.24) is 9.97 Å². The Hall–Kier alpha value is -1.93. The maximum Gasteiger partial charge on any atom is 0.341 e. The van der Waals surface area contributed by atoms with E-state index in [9.17, 15) is 9.59 Å². The summed E-state index contributed by atoms with van der Waals surface area (Å²) in [7, 11) is 0. The fourth-order valence-electron chi connectivity index (χ4n) is 2.86. The number of thioether (sulfide) groups is 1. The summed E-state index contributed by atoms with van der Waals surface area (Å²) in [5, 5.41) is 4.06. The van der Waals surface area contributed by atoms with Crippen molar-refractivity contribution in [3.05, 3.63) is 34.0 Å². The maximum atomic E-state index is 12.4. The number of nitrogens with one attached hydrogen (secondary N) is 1. The number of aromatic nitrogens is 2. The Morgan fingerprint density at radius 2 is 2.15 bits per heavy atom. The van der Waals surface area contributed by atoms with Gasteiger partial charge in [-0.3, -0.25) is 4.79 Å². The second kappa shape index (κ2) is 8.64. The van der Waals surface area contributed by atoms with E-state index in [1.165, 1.54) is 28.0 Å². The Bertz CT molecular complexity index is 820. The predicted molar refractivity (Wildman–Crippen MR) is 103 cm³/mol. The molecule has 0 saturated carbocycles. The Labute approximate surface area is 160 Å². The zero-order valence-corrected chi connectivity index (χ0v) is 16.5. The number of anilines is 1. The largest absolute Gasteiger partial charge is 0.462 e. The smallest absolute Gasteiger partial charge is 0.341 e. The van der Waals surface area contributed by atoms with Gasteiger partial charge in [0.05, 0.1) is 17.9 Å². The van der Waals surface area contributed by atoms with E-state index in [2.05, 4.69) is 15.3 Å². The minimum atomic E-state index is -0.350. The minimum Gasteiger partial charge on any atom is -0.462 e. The van der Waals surface area contributed by atoms with Crippen LogP contribution in [0.2, 0.25) is 0 Å². The Morgan fingerprint density at radius 3 is 2.92 bits per heavy atom. The van der Waals surface area contributed by atoms with E-state index in [1.807, 2.05) is 13.0 Å². The van der Waals surface area contributed by atoms with E-state index in [4.69, 9.17) is 4.74 Å². The molecule has 3 rings (SSSR count). The molecule has 0 aliphatic heterocycles. The number of hydrogen-bond acceptors (Lipinski definition) is 7. The van der Waals surface area contributed by atoms with E-state index in [0.29, 0.717) is 22.3 Å². The van der Waals surface area contributed by atoms with Gasteiger partial charge in [-0.2, -0.15) is 0 Å². The molecule has 138 valence electrons. The molecule has 8 heteroatoms. The summed E-state index contributed by atoms with van der Waals surface area (Å²) in [4.78, 5) is 34.4. The molecule has 0 bridgehead atoms. The van der Waals surface area contributed by atoms with Crippen LogP contribution in [0.1, 0.15) is 46.3 Å². The Kier molecular flexibility index (Phi) is 6.26. The van der Waals surface area contributed by atoms with Crippen LogP contribution in [0.3, 0.4) is 0 Å². The average Bonchev–Trinajstić information content (AvgIpc) is 2.98. The number of amides is 1. The number of thiophene rings is 1. The van der Waals surface area contributed by atoms with Gasteiger partial charge in [0.2, 0.25) is 5.91 Å². The molecule has 26 heavy (non-hydrogen) atoms. The van der Waals surface area contributed by atoms with Gasteiger partial charge in [0.15, 0.2) is 5.16 Å². The number of rotatable bonds is 6. The van der Waals surface area contributed by atoms with Crippen LogP contribution in [0.5, 0.6) is 0 Å². The fourth-order valence-corrected chi connectivity index (χ4v) is 4.83. The first-order valence-corrected chi connectivity index (χ1v) is 10.4. The lowest BCUT2D eigenvalue weighted by molar-refractivity contribution is -0.113. The molecular formula is C18H21N3O3S2. The van der Waals surface area contributed by atoms with Gasteiger partial charge in [-0.1, -0.05) is 11.8 Å². The lowest BCUT2D eigenvalue weighted by Gasteiger charge is -2.12. The molecule has 0 aromatic carbocycles. The van der Waals surface area contributed by atoms with Crippen LogP contribution in [0.15, 0.2) is 17.4 Å². The van der Waals surface area contributed by atoms with Crippen molar-refractivity contribution in [2.24, 2.45) is 0 Å². The van der Waals surface area contributed by atoms with Gasteiger partial charge in [0.25, 0.3) is 0 Å². The SMILES string of the molecule is CCOC(=O)c1c(NC(=O)CSc2nccc(C)n2)sc2c1CCCC2. The minimum absolute atomic E-state index is 0.177. The number of esters is 1. The quantitative estimate of drug-likeness (QED) is 0.460. The molecule has 0 radical (unpaired) electrons. The topological polar surface area (TPSA) is 81.2 Å². The van der Waals surface area contributed by atoms with Gasteiger partial charge >= 0.3 is 5.97 Å². The summed E-state index contributed by atoms with van der Waals surface area (Å²) in [5.41, 5.74) is 2.44. The standard InChI is InChI=1S/C18H21N3O3S2/c1-3-24-17(23)15-12-6-4-5-7-13(12)26-16(15)21-14(22)10-25-18-19-9-8-11(2)20-18/h8-9H,3-7,10H2,1-2H3,(H,21,22). The Morgan fingerprint density at radius 1 is 1.35 bits per heavy atom. The van der Waals surface area contributed by atoms with E-state index in [0.717, 1.165) is 36.9 Å². The van der Waals surface area contributed by atoms with Crippen LogP contribution in [0.25, 0.3) is 0 Å². The zero-order valence-electron chi connectivity index (χ0n) is 14.8. The van der Waals surface area contributed by atoms with Crippen LogP contribution >= 0.6 is 23.1 Å². The number of carbonyl (C=O) groups is 2. The molecule has 0 fully saturated rings. The number of fused-ring (bicyclic) bond motifs is 1. The van der Waals surface area contributed by atoms with Gasteiger partial charge in [0.1, 0.15) is 5.00 Å². The molecule has 2 aromatic heterocycles. The highest BCUT2D eigenvalue weighted by atomic mass is 32.2. The van der Waals surface area contributed by atoms with Gasteiger partial charge in [-0.15, -0.1) is 11.3 Å². The summed E-state index contributed by atoms with van der Waals surface area (Å²) in [6.07, 6.45) is 5.67. The monoisotopic (exact) mass is 391 g/mol. The first-order chi connectivity index (χ1) is 12.6. The van der Waals surface area contributed by atoms with Crippen LogP contribution in [0.4, 0.5) is 5.00 Å².